The molecule has 1 aromatic heterocycles. The van der Waals surface area contributed by atoms with Gasteiger partial charge in [0.1, 0.15) is 0 Å². The summed E-state index contributed by atoms with van der Waals surface area (Å²) in [4.78, 5) is 12.6. The molecule has 4 saturated carbocycles. The van der Waals surface area contributed by atoms with Crippen LogP contribution in [0, 0.1) is 17.8 Å². The summed E-state index contributed by atoms with van der Waals surface area (Å²) in [5.74, 6) is 3.68. The molecule has 4 aliphatic carbocycles. The number of benzene rings is 1. The molecule has 1 atom stereocenters. The van der Waals surface area contributed by atoms with Crippen molar-refractivity contribution in [3.8, 4) is 0 Å². The fourth-order valence-corrected chi connectivity index (χ4v) is 7.09. The van der Waals surface area contributed by atoms with Gasteiger partial charge in [0.15, 0.2) is 0 Å². The van der Waals surface area contributed by atoms with Gasteiger partial charge in [-0.15, -0.1) is 10.2 Å². The molecule has 6 heteroatoms. The SMILES string of the molecule is CCC[C@@H](NC(=O)CSc1nnc(C23CC4CC(CC(C4)C2)C3)o1)c1ccccc1. The van der Waals surface area contributed by atoms with Crippen molar-refractivity contribution >= 4 is 17.7 Å². The van der Waals surface area contributed by atoms with Gasteiger partial charge in [-0.3, -0.25) is 4.79 Å². The predicted molar refractivity (Wildman–Crippen MR) is 117 cm³/mol. The third kappa shape index (κ3) is 4.03. The molecule has 0 spiro atoms. The van der Waals surface area contributed by atoms with Crippen LogP contribution in [0.5, 0.6) is 0 Å². The van der Waals surface area contributed by atoms with E-state index in [-0.39, 0.29) is 17.4 Å². The van der Waals surface area contributed by atoms with E-state index in [0.29, 0.717) is 11.0 Å². The summed E-state index contributed by atoms with van der Waals surface area (Å²) in [6.07, 6.45) is 9.77. The number of hydrogen-bond donors (Lipinski definition) is 1. The molecule has 30 heavy (non-hydrogen) atoms. The molecule has 2 aromatic rings. The van der Waals surface area contributed by atoms with Crippen LogP contribution >= 0.6 is 11.8 Å². The van der Waals surface area contributed by atoms with Crippen LogP contribution in [0.3, 0.4) is 0 Å². The third-order valence-corrected chi connectivity index (χ3v) is 8.16. The first-order chi connectivity index (χ1) is 14.6. The Hall–Kier alpha value is -1.82. The number of amides is 1. The molecule has 6 rings (SSSR count). The highest BCUT2D eigenvalue weighted by atomic mass is 32.2. The zero-order chi connectivity index (χ0) is 20.6. The summed E-state index contributed by atoms with van der Waals surface area (Å²) in [7, 11) is 0. The number of thioether (sulfide) groups is 1. The summed E-state index contributed by atoms with van der Waals surface area (Å²) < 4.78 is 6.12. The smallest absolute Gasteiger partial charge is 0.277 e. The average molecular weight is 426 g/mol. The fourth-order valence-electron chi connectivity index (χ4n) is 6.51. The van der Waals surface area contributed by atoms with Crippen molar-refractivity contribution in [1.82, 2.24) is 15.5 Å². The van der Waals surface area contributed by atoms with E-state index in [0.717, 1.165) is 42.0 Å². The highest BCUT2D eigenvalue weighted by molar-refractivity contribution is 7.99. The van der Waals surface area contributed by atoms with Gasteiger partial charge in [-0.25, -0.2) is 0 Å². The van der Waals surface area contributed by atoms with Gasteiger partial charge in [-0.1, -0.05) is 55.4 Å². The van der Waals surface area contributed by atoms with Gasteiger partial charge in [0, 0.05) is 5.41 Å². The number of carbonyl (C=O) groups excluding carboxylic acids is 1. The molecule has 160 valence electrons. The van der Waals surface area contributed by atoms with Crippen molar-refractivity contribution < 1.29 is 9.21 Å². The van der Waals surface area contributed by atoms with Gasteiger partial charge < -0.3 is 9.73 Å². The first-order valence-electron chi connectivity index (χ1n) is 11.4. The lowest BCUT2D eigenvalue weighted by Gasteiger charge is -2.55. The summed E-state index contributed by atoms with van der Waals surface area (Å²) in [5.41, 5.74) is 1.27. The fraction of sp³-hybridized carbons (Fsp3) is 0.625. The molecule has 0 radical (unpaired) electrons. The van der Waals surface area contributed by atoms with Crippen molar-refractivity contribution in [2.75, 3.05) is 5.75 Å². The first kappa shape index (κ1) is 20.1. The van der Waals surface area contributed by atoms with Crippen molar-refractivity contribution in [2.24, 2.45) is 17.8 Å². The highest BCUT2D eigenvalue weighted by Crippen LogP contribution is 2.60. The summed E-state index contributed by atoms with van der Waals surface area (Å²) >= 11 is 1.36. The van der Waals surface area contributed by atoms with E-state index in [9.17, 15) is 4.79 Å². The maximum atomic E-state index is 12.6. The molecule has 1 amide bonds. The largest absolute Gasteiger partial charge is 0.415 e. The molecule has 5 nitrogen and oxygen atoms in total. The molecule has 1 heterocycles. The topological polar surface area (TPSA) is 68.0 Å². The second kappa shape index (κ2) is 8.37. The van der Waals surface area contributed by atoms with Gasteiger partial charge in [0.05, 0.1) is 11.8 Å². The zero-order valence-corrected chi connectivity index (χ0v) is 18.5. The van der Waals surface area contributed by atoms with Crippen molar-refractivity contribution in [3.63, 3.8) is 0 Å². The minimum absolute atomic E-state index is 0.0110. The second-order valence-electron chi connectivity index (χ2n) is 9.68. The molecule has 4 fully saturated rings. The van der Waals surface area contributed by atoms with Gasteiger partial charge in [0.25, 0.3) is 5.22 Å². The molecular weight excluding hydrogens is 394 g/mol. The average Bonchev–Trinajstić information content (AvgIpc) is 3.22. The maximum Gasteiger partial charge on any atom is 0.277 e. The predicted octanol–water partition coefficient (Wildman–Crippen LogP) is 5.29. The molecule has 4 bridgehead atoms. The number of aromatic nitrogens is 2. The molecule has 4 aliphatic rings. The van der Waals surface area contributed by atoms with Crippen molar-refractivity contribution in [1.29, 1.82) is 0 Å². The van der Waals surface area contributed by atoms with Gasteiger partial charge >= 0.3 is 0 Å². The number of hydrogen-bond acceptors (Lipinski definition) is 5. The van der Waals surface area contributed by atoms with Crippen LogP contribution in [-0.2, 0) is 10.2 Å². The Labute approximate surface area is 182 Å². The first-order valence-corrected chi connectivity index (χ1v) is 12.4. The van der Waals surface area contributed by atoms with Gasteiger partial charge in [-0.05, 0) is 68.3 Å². The van der Waals surface area contributed by atoms with Crippen molar-refractivity contribution in [2.45, 2.75) is 75.0 Å². The monoisotopic (exact) mass is 425 g/mol. The maximum absolute atomic E-state index is 12.6. The number of rotatable bonds is 8. The van der Waals surface area contributed by atoms with Crippen LogP contribution in [-0.4, -0.2) is 21.9 Å². The van der Waals surface area contributed by atoms with Crippen LogP contribution in [0.4, 0.5) is 0 Å². The second-order valence-corrected chi connectivity index (χ2v) is 10.6. The molecule has 0 aliphatic heterocycles. The molecule has 1 N–H and O–H groups in total. The Morgan fingerprint density at radius 1 is 1.13 bits per heavy atom. The Morgan fingerprint density at radius 2 is 1.80 bits per heavy atom. The number of carbonyl (C=O) groups is 1. The molecule has 0 unspecified atom stereocenters. The lowest BCUT2D eigenvalue weighted by molar-refractivity contribution is -0.119. The van der Waals surface area contributed by atoms with Crippen molar-refractivity contribution in [3.05, 3.63) is 41.8 Å². The Kier molecular flexibility index (Phi) is 5.61. The minimum atomic E-state index is 0.0110. The van der Waals surface area contributed by atoms with E-state index in [1.807, 2.05) is 18.2 Å². The molecular formula is C24H31N3O2S. The Morgan fingerprint density at radius 3 is 2.43 bits per heavy atom. The highest BCUT2D eigenvalue weighted by Gasteiger charge is 2.54. The number of nitrogens with zero attached hydrogens (tertiary/aromatic N) is 2. The number of nitrogens with one attached hydrogen (secondary N) is 1. The minimum Gasteiger partial charge on any atom is -0.415 e. The summed E-state index contributed by atoms with van der Waals surface area (Å²) in [6, 6.07) is 10.2. The van der Waals surface area contributed by atoms with E-state index >= 15 is 0 Å². The lowest BCUT2D eigenvalue weighted by Crippen LogP contribution is -2.48. The summed E-state index contributed by atoms with van der Waals surface area (Å²) in [6.45, 7) is 2.14. The Bertz CT molecular complexity index is 846. The lowest BCUT2D eigenvalue weighted by atomic mass is 9.49. The van der Waals surface area contributed by atoms with E-state index in [4.69, 9.17) is 4.42 Å². The van der Waals surface area contributed by atoms with E-state index in [2.05, 4.69) is 34.6 Å². The normalized spacial score (nSPS) is 30.4. The van der Waals surface area contributed by atoms with Crippen LogP contribution in [0.15, 0.2) is 40.0 Å². The zero-order valence-electron chi connectivity index (χ0n) is 17.7. The van der Waals surface area contributed by atoms with Crippen LogP contribution in [0.1, 0.15) is 75.8 Å². The van der Waals surface area contributed by atoms with Crippen LogP contribution in [0.2, 0.25) is 0 Å². The van der Waals surface area contributed by atoms with E-state index < -0.39 is 0 Å². The van der Waals surface area contributed by atoms with Gasteiger partial charge in [0.2, 0.25) is 11.8 Å². The van der Waals surface area contributed by atoms with Gasteiger partial charge in [-0.2, -0.15) is 0 Å². The van der Waals surface area contributed by atoms with Crippen LogP contribution in [0.25, 0.3) is 0 Å². The molecule has 0 saturated heterocycles. The quantitative estimate of drug-likeness (QED) is 0.582. The third-order valence-electron chi connectivity index (χ3n) is 7.34. The van der Waals surface area contributed by atoms with Crippen LogP contribution < -0.4 is 5.32 Å². The van der Waals surface area contributed by atoms with E-state index in [1.54, 1.807) is 0 Å². The Balaban J connectivity index is 1.19. The van der Waals surface area contributed by atoms with E-state index in [1.165, 1.54) is 50.3 Å². The summed E-state index contributed by atoms with van der Waals surface area (Å²) in [5, 5.41) is 12.4. The molecule has 1 aromatic carbocycles. The standard InChI is InChI=1S/C24H31N3O2S/c1-2-6-20(19-7-4-3-5-8-19)25-21(28)15-30-23-27-26-22(29-23)24-12-16-9-17(13-24)11-18(10-16)14-24/h3-5,7-8,16-18,20H,2,6,9-15H2,1H3,(H,25,28)/t16?,17?,18?,20-,24?/m1/s1.